The number of nitrogens with two attached hydrogens (primary N) is 1. The van der Waals surface area contributed by atoms with E-state index in [1.165, 1.54) is 18.2 Å². The van der Waals surface area contributed by atoms with Gasteiger partial charge in [-0.2, -0.15) is 5.10 Å². The van der Waals surface area contributed by atoms with E-state index >= 15 is 0 Å². The van der Waals surface area contributed by atoms with Crippen molar-refractivity contribution in [2.24, 2.45) is 11.7 Å². The van der Waals surface area contributed by atoms with Gasteiger partial charge >= 0.3 is 0 Å². The third-order valence-corrected chi connectivity index (χ3v) is 4.19. The van der Waals surface area contributed by atoms with Gasteiger partial charge in [-0.1, -0.05) is 18.3 Å². The summed E-state index contributed by atoms with van der Waals surface area (Å²) in [5, 5.41) is 5.78. The van der Waals surface area contributed by atoms with E-state index in [0.717, 1.165) is 23.9 Å². The van der Waals surface area contributed by atoms with Crippen molar-refractivity contribution in [3.05, 3.63) is 30.0 Å². The second-order valence-electron chi connectivity index (χ2n) is 6.37. The third-order valence-electron chi connectivity index (χ3n) is 4.19. The minimum absolute atomic E-state index is 0.335. The molecule has 2 aromatic rings. The lowest BCUT2D eigenvalue weighted by Crippen LogP contribution is -2.27. The molecule has 1 saturated carbocycles. The number of fused-ring (bicyclic) bond motifs is 1. The fourth-order valence-electron chi connectivity index (χ4n) is 2.92. The maximum Gasteiger partial charge on any atom is 0.0935 e. The Hall–Kier alpha value is -1.79. The van der Waals surface area contributed by atoms with Gasteiger partial charge in [0.1, 0.15) is 0 Å². The topological polar surface area (TPSA) is 43.8 Å². The Morgan fingerprint density at radius 3 is 2.95 bits per heavy atom. The molecule has 1 aromatic carbocycles. The van der Waals surface area contributed by atoms with Crippen LogP contribution in [0.15, 0.2) is 24.4 Å². The van der Waals surface area contributed by atoms with E-state index in [1.807, 2.05) is 4.68 Å². The Morgan fingerprint density at radius 2 is 2.19 bits per heavy atom. The second-order valence-corrected chi connectivity index (χ2v) is 6.37. The van der Waals surface area contributed by atoms with Crippen LogP contribution in [0.1, 0.15) is 51.1 Å². The summed E-state index contributed by atoms with van der Waals surface area (Å²) in [5.74, 6) is 7.16. The largest absolute Gasteiger partial charge is 0.328 e. The summed E-state index contributed by atoms with van der Waals surface area (Å²) in [4.78, 5) is 0. The van der Waals surface area contributed by atoms with Crippen LogP contribution in [-0.2, 0) is 0 Å². The fraction of sp³-hybridized carbons (Fsp3) is 0.500. The smallest absolute Gasteiger partial charge is 0.0935 e. The lowest BCUT2D eigenvalue weighted by Gasteiger charge is -2.22. The first-order valence-corrected chi connectivity index (χ1v) is 7.88. The van der Waals surface area contributed by atoms with Crippen molar-refractivity contribution in [2.45, 2.75) is 51.6 Å². The summed E-state index contributed by atoms with van der Waals surface area (Å²) in [6, 6.07) is 7.00. The van der Waals surface area contributed by atoms with Crippen LogP contribution in [0.25, 0.3) is 10.9 Å². The average molecular weight is 281 g/mol. The van der Waals surface area contributed by atoms with Crippen molar-refractivity contribution < 1.29 is 0 Å². The molecule has 2 atom stereocenters. The predicted molar refractivity (Wildman–Crippen MR) is 86.9 cm³/mol. The summed E-state index contributed by atoms with van der Waals surface area (Å²) >= 11 is 0. The van der Waals surface area contributed by atoms with Gasteiger partial charge in [-0.25, -0.2) is 0 Å². The molecule has 1 aliphatic rings. The molecule has 1 heterocycles. The summed E-state index contributed by atoms with van der Waals surface area (Å²) in [6.07, 6.45) is 6.68. The molecule has 0 unspecified atom stereocenters. The molecule has 0 saturated heterocycles. The molecular weight excluding hydrogens is 258 g/mol. The highest BCUT2D eigenvalue weighted by Crippen LogP contribution is 2.22. The molecule has 3 rings (SSSR count). The van der Waals surface area contributed by atoms with E-state index in [2.05, 4.69) is 55.2 Å². The van der Waals surface area contributed by atoms with E-state index in [9.17, 15) is 0 Å². The number of hydrogen-bond donors (Lipinski definition) is 1. The van der Waals surface area contributed by atoms with Gasteiger partial charge in [-0.3, -0.25) is 4.68 Å². The third kappa shape index (κ3) is 3.28. The van der Waals surface area contributed by atoms with Gasteiger partial charge in [0.05, 0.1) is 5.52 Å². The van der Waals surface area contributed by atoms with Crippen LogP contribution in [0.3, 0.4) is 0 Å². The molecule has 1 fully saturated rings. The lowest BCUT2D eigenvalue weighted by molar-refractivity contribution is 0.381. The maximum absolute atomic E-state index is 6.02. The summed E-state index contributed by atoms with van der Waals surface area (Å²) < 4.78 is 2.00. The van der Waals surface area contributed by atoms with Crippen molar-refractivity contribution in [3.8, 4) is 11.8 Å². The molecule has 0 radical (unpaired) electrons. The van der Waals surface area contributed by atoms with Gasteiger partial charge in [0.15, 0.2) is 0 Å². The highest BCUT2D eigenvalue weighted by Gasteiger charge is 2.16. The molecule has 3 heteroatoms. The maximum atomic E-state index is 6.02. The molecule has 0 aliphatic heterocycles. The molecule has 21 heavy (non-hydrogen) atoms. The van der Waals surface area contributed by atoms with Gasteiger partial charge in [-0.05, 0) is 51.3 Å². The van der Waals surface area contributed by atoms with Crippen molar-refractivity contribution in [2.75, 3.05) is 0 Å². The SMILES string of the molecule is CC(C)n1cc2ccc(C#C[C@H]3CCC[C@H](N)C3)cc2n1. The first-order valence-electron chi connectivity index (χ1n) is 7.88. The first-order chi connectivity index (χ1) is 10.1. The summed E-state index contributed by atoms with van der Waals surface area (Å²) in [7, 11) is 0. The van der Waals surface area contributed by atoms with Gasteiger partial charge in [0.25, 0.3) is 0 Å². The monoisotopic (exact) mass is 281 g/mol. The highest BCUT2D eigenvalue weighted by atomic mass is 15.3. The molecule has 1 aromatic heterocycles. The first kappa shape index (κ1) is 14.2. The van der Waals surface area contributed by atoms with E-state index in [0.29, 0.717) is 18.0 Å². The Morgan fingerprint density at radius 1 is 1.33 bits per heavy atom. The van der Waals surface area contributed by atoms with E-state index < -0.39 is 0 Å². The molecular formula is C18H23N3. The molecule has 2 N–H and O–H groups in total. The molecule has 0 bridgehead atoms. The zero-order chi connectivity index (χ0) is 14.8. The minimum atomic E-state index is 0.335. The number of benzene rings is 1. The molecule has 110 valence electrons. The molecule has 0 amide bonds. The van der Waals surface area contributed by atoms with Crippen LogP contribution in [-0.4, -0.2) is 15.8 Å². The molecule has 3 nitrogen and oxygen atoms in total. The van der Waals surface area contributed by atoms with E-state index in [-0.39, 0.29) is 0 Å². The normalized spacial score (nSPS) is 22.3. The number of aromatic nitrogens is 2. The van der Waals surface area contributed by atoms with Gasteiger partial charge in [0, 0.05) is 35.1 Å². The standard InChI is InChI=1S/C18H23N3/c1-13(2)21-12-16-9-8-15(11-18(16)20-21)7-6-14-4-3-5-17(19)10-14/h8-9,11-14,17H,3-5,10,19H2,1-2H3/t14-,17+/m1/s1. The number of rotatable bonds is 1. The zero-order valence-electron chi connectivity index (χ0n) is 12.8. The highest BCUT2D eigenvalue weighted by molar-refractivity contribution is 5.79. The van der Waals surface area contributed by atoms with Crippen molar-refractivity contribution >= 4 is 10.9 Å². The van der Waals surface area contributed by atoms with Gasteiger partial charge < -0.3 is 5.73 Å². The van der Waals surface area contributed by atoms with Crippen LogP contribution in [0.2, 0.25) is 0 Å². The minimum Gasteiger partial charge on any atom is -0.328 e. The quantitative estimate of drug-likeness (QED) is 0.813. The van der Waals surface area contributed by atoms with Crippen molar-refractivity contribution in [1.82, 2.24) is 9.78 Å². The Bertz CT molecular complexity index is 687. The Labute approximate surface area is 126 Å². The van der Waals surface area contributed by atoms with Gasteiger partial charge in [0.2, 0.25) is 0 Å². The fourth-order valence-corrected chi connectivity index (χ4v) is 2.92. The average Bonchev–Trinajstić information content (AvgIpc) is 2.88. The number of nitrogens with zero attached hydrogens (tertiary/aromatic N) is 2. The van der Waals surface area contributed by atoms with E-state index in [1.54, 1.807) is 0 Å². The summed E-state index contributed by atoms with van der Waals surface area (Å²) in [5.41, 5.74) is 8.09. The van der Waals surface area contributed by atoms with Crippen LogP contribution in [0.4, 0.5) is 0 Å². The van der Waals surface area contributed by atoms with Crippen molar-refractivity contribution in [3.63, 3.8) is 0 Å². The molecule has 1 aliphatic carbocycles. The van der Waals surface area contributed by atoms with E-state index in [4.69, 9.17) is 5.73 Å². The van der Waals surface area contributed by atoms with Crippen LogP contribution >= 0.6 is 0 Å². The number of hydrogen-bond acceptors (Lipinski definition) is 2. The lowest BCUT2D eigenvalue weighted by atomic mass is 9.86. The molecule has 0 spiro atoms. The summed E-state index contributed by atoms with van der Waals surface area (Å²) in [6.45, 7) is 4.28. The predicted octanol–water partition coefficient (Wildman–Crippen LogP) is 3.49. The van der Waals surface area contributed by atoms with Gasteiger partial charge in [-0.15, -0.1) is 0 Å². The second kappa shape index (κ2) is 5.91. The van der Waals surface area contributed by atoms with Crippen LogP contribution < -0.4 is 5.73 Å². The Kier molecular flexibility index (Phi) is 3.98. The van der Waals surface area contributed by atoms with Crippen molar-refractivity contribution in [1.29, 1.82) is 0 Å². The Balaban J connectivity index is 1.81. The van der Waals surface area contributed by atoms with Crippen LogP contribution in [0.5, 0.6) is 0 Å². The zero-order valence-corrected chi connectivity index (χ0v) is 12.8. The van der Waals surface area contributed by atoms with Crippen LogP contribution in [0, 0.1) is 17.8 Å².